The fourth-order valence-electron chi connectivity index (χ4n) is 3.50. The van der Waals surface area contributed by atoms with E-state index in [4.69, 9.17) is 17.3 Å². The molecule has 5 heteroatoms. The fraction of sp³-hybridized carbons (Fsp3) is 0.481. The molecule has 1 aliphatic carbocycles. The first kappa shape index (κ1) is 28.1. The van der Waals surface area contributed by atoms with E-state index in [0.717, 1.165) is 48.9 Å². The summed E-state index contributed by atoms with van der Waals surface area (Å²) in [6, 6.07) is 3.62. The molecule has 0 spiro atoms. The Morgan fingerprint density at radius 2 is 1.91 bits per heavy atom. The fourth-order valence-corrected chi connectivity index (χ4v) is 3.77. The normalized spacial score (nSPS) is 15.2. The first-order chi connectivity index (χ1) is 15.1. The molecule has 0 aromatic heterocycles. The van der Waals surface area contributed by atoms with Crippen LogP contribution in [0.3, 0.4) is 0 Å². The highest BCUT2D eigenvalue weighted by molar-refractivity contribution is 6.30. The van der Waals surface area contributed by atoms with Crippen LogP contribution in [-0.4, -0.2) is 12.0 Å². The maximum absolute atomic E-state index is 14.1. The number of alkyl halides is 2. The molecule has 2 rings (SSSR count). The Balaban J connectivity index is 0.00000249. The first-order valence-electron chi connectivity index (χ1n) is 11.5. The van der Waals surface area contributed by atoms with Gasteiger partial charge in [-0.1, -0.05) is 74.0 Å². The molecule has 1 aromatic carbocycles. The molecule has 1 aliphatic rings. The van der Waals surface area contributed by atoms with Crippen LogP contribution in [0.2, 0.25) is 5.02 Å². The van der Waals surface area contributed by atoms with Gasteiger partial charge in [0.15, 0.2) is 0 Å². The van der Waals surface area contributed by atoms with Gasteiger partial charge < -0.3 is 11.1 Å². The van der Waals surface area contributed by atoms with Crippen LogP contribution >= 0.6 is 11.6 Å². The van der Waals surface area contributed by atoms with Crippen molar-refractivity contribution in [1.29, 1.82) is 0 Å². The maximum atomic E-state index is 14.1. The minimum Gasteiger partial charge on any atom is -0.378 e. The molecule has 0 amide bonds. The van der Waals surface area contributed by atoms with Crippen molar-refractivity contribution in [2.45, 2.75) is 84.2 Å². The highest BCUT2D eigenvalue weighted by Crippen LogP contribution is 2.30. The summed E-state index contributed by atoms with van der Waals surface area (Å²) in [6.07, 6.45) is 11.3. The van der Waals surface area contributed by atoms with Gasteiger partial charge in [-0.3, -0.25) is 0 Å². The van der Waals surface area contributed by atoms with Crippen LogP contribution in [-0.2, 0) is 6.42 Å². The lowest BCUT2D eigenvalue weighted by Gasteiger charge is -2.25. The van der Waals surface area contributed by atoms with Gasteiger partial charge in [-0.2, -0.15) is 0 Å². The van der Waals surface area contributed by atoms with Crippen LogP contribution in [0.25, 0.3) is 0 Å². The summed E-state index contributed by atoms with van der Waals surface area (Å²) in [5, 5.41) is 3.82. The summed E-state index contributed by atoms with van der Waals surface area (Å²) in [4.78, 5) is 0. The molecular weight excluding hydrogens is 426 g/mol. The van der Waals surface area contributed by atoms with Gasteiger partial charge in [0, 0.05) is 17.1 Å². The van der Waals surface area contributed by atoms with Gasteiger partial charge >= 0.3 is 0 Å². The van der Waals surface area contributed by atoms with Crippen LogP contribution in [0.5, 0.6) is 0 Å². The topological polar surface area (TPSA) is 38.0 Å². The molecule has 32 heavy (non-hydrogen) atoms. The number of hydrogen-bond donors (Lipinski definition) is 2. The van der Waals surface area contributed by atoms with E-state index < -0.39 is 18.4 Å². The third-order valence-corrected chi connectivity index (χ3v) is 5.49. The second kappa shape index (κ2) is 13.6. The van der Waals surface area contributed by atoms with Crippen molar-refractivity contribution in [2.24, 2.45) is 5.73 Å². The molecule has 178 valence electrons. The lowest BCUT2D eigenvalue weighted by Crippen LogP contribution is -2.40. The molecule has 0 saturated heterocycles. The molecule has 0 saturated carbocycles. The van der Waals surface area contributed by atoms with Crippen molar-refractivity contribution in [3.05, 3.63) is 82.6 Å². The minimum atomic E-state index is -3.00. The Morgan fingerprint density at radius 3 is 2.47 bits per heavy atom. The molecule has 0 aliphatic heterocycles. The SMILES string of the molecule is C=C(CCCC1=CCCC=C1)NC(C(=C)C)c1cc(Cl)cc(CC(F)(F)C(C)N)c1.CC. The summed E-state index contributed by atoms with van der Waals surface area (Å²) < 4.78 is 28.3. The zero-order valence-electron chi connectivity index (χ0n) is 20.0. The zero-order chi connectivity index (χ0) is 24.3. The summed E-state index contributed by atoms with van der Waals surface area (Å²) in [5.74, 6) is -3.00. The van der Waals surface area contributed by atoms with Gasteiger partial charge in [-0.05, 0) is 69.2 Å². The number of hydrogen-bond acceptors (Lipinski definition) is 2. The number of allylic oxidation sites excluding steroid dienone is 5. The van der Waals surface area contributed by atoms with E-state index >= 15 is 0 Å². The minimum absolute atomic E-state index is 0.243. The Bertz CT molecular complexity index is 825. The third kappa shape index (κ3) is 9.30. The van der Waals surface area contributed by atoms with E-state index in [1.807, 2.05) is 20.8 Å². The number of halogens is 3. The predicted molar refractivity (Wildman–Crippen MR) is 135 cm³/mol. The number of nitrogens with one attached hydrogen (secondary N) is 1. The average molecular weight is 465 g/mol. The van der Waals surface area contributed by atoms with Gasteiger partial charge in [0.1, 0.15) is 0 Å². The highest BCUT2D eigenvalue weighted by atomic mass is 35.5. The Kier molecular flexibility index (Phi) is 11.9. The van der Waals surface area contributed by atoms with E-state index in [2.05, 4.69) is 36.7 Å². The Hall–Kier alpha value is -1.91. The highest BCUT2D eigenvalue weighted by Gasteiger charge is 2.34. The molecule has 0 radical (unpaired) electrons. The smallest absolute Gasteiger partial charge is 0.266 e. The largest absolute Gasteiger partial charge is 0.378 e. The molecule has 2 atom stereocenters. The summed E-state index contributed by atoms with van der Waals surface area (Å²) in [5.41, 5.74) is 9.82. The van der Waals surface area contributed by atoms with Gasteiger partial charge in [-0.15, -0.1) is 0 Å². The van der Waals surface area contributed by atoms with E-state index in [1.165, 1.54) is 12.5 Å². The molecule has 0 heterocycles. The number of nitrogens with two attached hydrogens (primary N) is 1. The van der Waals surface area contributed by atoms with Crippen LogP contribution in [0.4, 0.5) is 8.78 Å². The quantitative estimate of drug-likeness (QED) is 0.325. The van der Waals surface area contributed by atoms with Crippen molar-refractivity contribution in [2.75, 3.05) is 0 Å². The molecular formula is C27H39ClF2N2. The molecule has 1 aromatic rings. The van der Waals surface area contributed by atoms with E-state index in [1.54, 1.807) is 18.2 Å². The van der Waals surface area contributed by atoms with Crippen molar-refractivity contribution in [3.8, 4) is 0 Å². The summed E-state index contributed by atoms with van der Waals surface area (Å²) in [7, 11) is 0. The van der Waals surface area contributed by atoms with E-state index in [0.29, 0.717) is 10.6 Å². The number of rotatable bonds is 11. The maximum Gasteiger partial charge on any atom is 0.266 e. The van der Waals surface area contributed by atoms with Gasteiger partial charge in [-0.25, -0.2) is 8.78 Å². The van der Waals surface area contributed by atoms with Crippen LogP contribution < -0.4 is 11.1 Å². The summed E-state index contributed by atoms with van der Waals surface area (Å²) >= 11 is 6.24. The van der Waals surface area contributed by atoms with Crippen LogP contribution in [0, 0.1) is 0 Å². The van der Waals surface area contributed by atoms with Crippen LogP contribution in [0.1, 0.15) is 77.0 Å². The molecule has 3 N–H and O–H groups in total. The monoisotopic (exact) mass is 464 g/mol. The van der Waals surface area contributed by atoms with E-state index in [-0.39, 0.29) is 6.04 Å². The predicted octanol–water partition coefficient (Wildman–Crippen LogP) is 8.06. The van der Waals surface area contributed by atoms with E-state index in [9.17, 15) is 8.78 Å². The second-order valence-corrected chi connectivity index (χ2v) is 8.70. The van der Waals surface area contributed by atoms with Crippen molar-refractivity contribution in [1.82, 2.24) is 5.32 Å². The lowest BCUT2D eigenvalue weighted by molar-refractivity contribution is -0.0190. The molecule has 2 unspecified atom stereocenters. The number of benzene rings is 1. The lowest BCUT2D eigenvalue weighted by atomic mass is 9.95. The zero-order valence-corrected chi connectivity index (χ0v) is 20.7. The van der Waals surface area contributed by atoms with Crippen molar-refractivity contribution < 1.29 is 8.78 Å². The third-order valence-electron chi connectivity index (χ3n) is 5.28. The van der Waals surface area contributed by atoms with Gasteiger partial charge in [0.25, 0.3) is 5.92 Å². The van der Waals surface area contributed by atoms with Crippen LogP contribution in [0.15, 0.2) is 66.4 Å². The van der Waals surface area contributed by atoms with Crippen molar-refractivity contribution in [3.63, 3.8) is 0 Å². The van der Waals surface area contributed by atoms with Crippen molar-refractivity contribution >= 4 is 11.6 Å². The molecule has 0 fully saturated rings. The Morgan fingerprint density at radius 1 is 1.22 bits per heavy atom. The standard InChI is InChI=1S/C25H33ClF2N2.C2H6/c1-17(2)24(30-18(3)9-8-12-20-10-6-5-7-11-20)22-13-21(14-23(26)15-22)16-25(27,28)19(4)29;1-2/h6,10-11,13-15,19,24,30H,1,3,5,7-9,12,16,29H2,2,4H3;1-2H3. The second-order valence-electron chi connectivity index (χ2n) is 8.26. The van der Waals surface area contributed by atoms with Gasteiger partial charge in [0.2, 0.25) is 0 Å². The molecule has 2 nitrogen and oxygen atoms in total. The Labute approximate surface area is 198 Å². The average Bonchev–Trinajstić information content (AvgIpc) is 2.73. The van der Waals surface area contributed by atoms with Gasteiger partial charge in [0.05, 0.1) is 12.1 Å². The first-order valence-corrected chi connectivity index (χ1v) is 11.8. The molecule has 0 bridgehead atoms. The summed E-state index contributed by atoms with van der Waals surface area (Å²) in [6.45, 7) is 15.4.